The van der Waals surface area contributed by atoms with Crippen molar-refractivity contribution in [2.24, 2.45) is 0 Å². The first-order chi connectivity index (χ1) is 11.4. The largest absolute Gasteiger partial charge is 1.00 e. The zero-order valence-electron chi connectivity index (χ0n) is 15.5. The van der Waals surface area contributed by atoms with Gasteiger partial charge in [0.15, 0.2) is 0 Å². The highest BCUT2D eigenvalue weighted by molar-refractivity contribution is 5.31. The molecule has 2 aromatic rings. The number of halogens is 1. The molecule has 0 heterocycles. The lowest BCUT2D eigenvalue weighted by Crippen LogP contribution is -3.00. The summed E-state index contributed by atoms with van der Waals surface area (Å²) in [5.41, 5.74) is 2.62. The molecule has 0 bridgehead atoms. The lowest BCUT2D eigenvalue weighted by Gasteiger charge is -2.20. The zero-order valence-corrected chi connectivity index (χ0v) is 16.3. The summed E-state index contributed by atoms with van der Waals surface area (Å²) in [6.45, 7) is 9.43. The molecule has 0 aromatic heterocycles. The zero-order chi connectivity index (χ0) is 17.6. The van der Waals surface area contributed by atoms with Crippen molar-refractivity contribution >= 4 is 0 Å². The van der Waals surface area contributed by atoms with Crippen LogP contribution in [0.3, 0.4) is 0 Å². The van der Waals surface area contributed by atoms with Gasteiger partial charge in [0.2, 0.25) is 0 Å². The molecule has 138 valence electrons. The highest BCUT2D eigenvalue weighted by Crippen LogP contribution is 2.24. The smallest absolute Gasteiger partial charge is 0.119 e. The van der Waals surface area contributed by atoms with Crippen molar-refractivity contribution in [2.75, 3.05) is 13.2 Å². The van der Waals surface area contributed by atoms with Crippen LogP contribution in [-0.2, 0) is 5.41 Å². The summed E-state index contributed by atoms with van der Waals surface area (Å²) in [5, 5.41) is 13.4. The molecule has 3 nitrogen and oxygen atoms in total. The van der Waals surface area contributed by atoms with Gasteiger partial charge >= 0.3 is 0 Å². The summed E-state index contributed by atoms with van der Waals surface area (Å²) >= 11 is 0. The van der Waals surface area contributed by atoms with E-state index in [4.69, 9.17) is 4.74 Å². The number of nitrogens with one attached hydrogen (secondary N) is 1. The summed E-state index contributed by atoms with van der Waals surface area (Å²) in [6, 6.07) is 18.5. The molecule has 2 N–H and O–H groups in total. The van der Waals surface area contributed by atoms with Gasteiger partial charge in [0.25, 0.3) is 0 Å². The SMILES string of the molecule is CC(NCC(O)COc1ccc(C(C)(C)C)cc1)c1ccccc1.[Cl-]. The van der Waals surface area contributed by atoms with Gasteiger partial charge in [-0.1, -0.05) is 63.2 Å². The van der Waals surface area contributed by atoms with E-state index in [1.54, 1.807) is 0 Å². The van der Waals surface area contributed by atoms with Crippen molar-refractivity contribution in [3.63, 3.8) is 0 Å². The number of aliphatic hydroxyl groups is 1. The second kappa shape index (κ2) is 9.81. The molecule has 2 aromatic carbocycles. The van der Waals surface area contributed by atoms with E-state index in [0.29, 0.717) is 6.54 Å². The Labute approximate surface area is 157 Å². The normalized spacial score (nSPS) is 13.6. The van der Waals surface area contributed by atoms with Crippen LogP contribution in [0.1, 0.15) is 44.9 Å². The van der Waals surface area contributed by atoms with E-state index in [2.05, 4.69) is 57.3 Å². The van der Waals surface area contributed by atoms with Crippen LogP contribution in [0.4, 0.5) is 0 Å². The van der Waals surface area contributed by atoms with E-state index in [0.717, 1.165) is 5.75 Å². The van der Waals surface area contributed by atoms with E-state index in [9.17, 15) is 5.11 Å². The second-order valence-electron chi connectivity index (χ2n) is 7.28. The highest BCUT2D eigenvalue weighted by Gasteiger charge is 2.13. The lowest BCUT2D eigenvalue weighted by molar-refractivity contribution is -0.00000722. The topological polar surface area (TPSA) is 41.5 Å². The Morgan fingerprint density at radius 1 is 1.00 bits per heavy atom. The third-order valence-corrected chi connectivity index (χ3v) is 4.12. The van der Waals surface area contributed by atoms with Gasteiger partial charge in [-0.05, 0) is 35.6 Å². The van der Waals surface area contributed by atoms with Crippen LogP contribution in [0, 0.1) is 0 Å². The van der Waals surface area contributed by atoms with Crippen molar-refractivity contribution in [3.8, 4) is 5.75 Å². The monoisotopic (exact) mass is 362 g/mol. The maximum atomic E-state index is 10.1. The molecule has 0 aliphatic carbocycles. The molecule has 0 amide bonds. The average molecular weight is 363 g/mol. The van der Waals surface area contributed by atoms with Gasteiger partial charge in [0, 0.05) is 12.6 Å². The van der Waals surface area contributed by atoms with E-state index in [1.807, 2.05) is 30.3 Å². The minimum atomic E-state index is -0.543. The molecule has 2 atom stereocenters. The molecule has 0 spiro atoms. The summed E-state index contributed by atoms with van der Waals surface area (Å²) in [5.74, 6) is 0.790. The van der Waals surface area contributed by atoms with Crippen LogP contribution in [0.2, 0.25) is 0 Å². The van der Waals surface area contributed by atoms with Gasteiger partial charge in [0.05, 0.1) is 0 Å². The first-order valence-electron chi connectivity index (χ1n) is 8.56. The maximum absolute atomic E-state index is 10.1. The number of benzene rings is 2. The minimum Gasteiger partial charge on any atom is -1.00 e. The average Bonchev–Trinajstić information content (AvgIpc) is 2.58. The summed E-state index contributed by atoms with van der Waals surface area (Å²) in [6.07, 6.45) is -0.543. The molecule has 0 saturated carbocycles. The van der Waals surface area contributed by atoms with Crippen molar-refractivity contribution in [3.05, 3.63) is 65.7 Å². The van der Waals surface area contributed by atoms with Gasteiger partial charge in [-0.3, -0.25) is 0 Å². The van der Waals surface area contributed by atoms with Crippen molar-refractivity contribution in [1.29, 1.82) is 0 Å². The van der Waals surface area contributed by atoms with E-state index < -0.39 is 6.10 Å². The fourth-order valence-corrected chi connectivity index (χ4v) is 2.47. The Kier molecular flexibility index (Phi) is 8.43. The molecule has 0 fully saturated rings. The Balaban J connectivity index is 0.00000312. The fraction of sp³-hybridized carbons (Fsp3) is 0.429. The summed E-state index contributed by atoms with van der Waals surface area (Å²) in [7, 11) is 0. The second-order valence-corrected chi connectivity index (χ2v) is 7.28. The van der Waals surface area contributed by atoms with Crippen molar-refractivity contribution in [1.82, 2.24) is 5.32 Å². The maximum Gasteiger partial charge on any atom is 0.119 e. The Hall–Kier alpha value is -1.55. The molecule has 0 aliphatic rings. The van der Waals surface area contributed by atoms with Gasteiger partial charge in [0.1, 0.15) is 18.5 Å². The van der Waals surface area contributed by atoms with E-state index in [-0.39, 0.29) is 30.5 Å². The highest BCUT2D eigenvalue weighted by atomic mass is 35.5. The van der Waals surface area contributed by atoms with Crippen LogP contribution >= 0.6 is 0 Å². The number of aliphatic hydroxyl groups excluding tert-OH is 1. The molecule has 25 heavy (non-hydrogen) atoms. The van der Waals surface area contributed by atoms with Crippen LogP contribution in [0.15, 0.2) is 54.6 Å². The first kappa shape index (κ1) is 21.5. The van der Waals surface area contributed by atoms with Crippen LogP contribution in [0.5, 0.6) is 5.75 Å². The summed E-state index contributed by atoms with van der Waals surface area (Å²) < 4.78 is 5.68. The van der Waals surface area contributed by atoms with Crippen molar-refractivity contribution < 1.29 is 22.3 Å². The predicted molar refractivity (Wildman–Crippen MR) is 99.5 cm³/mol. The Bertz CT molecular complexity index is 608. The van der Waals surface area contributed by atoms with Gasteiger partial charge < -0.3 is 27.6 Å². The summed E-state index contributed by atoms with van der Waals surface area (Å²) in [4.78, 5) is 0. The van der Waals surface area contributed by atoms with Gasteiger partial charge in [-0.2, -0.15) is 0 Å². The molecular formula is C21H29ClNO2-. The molecule has 0 radical (unpaired) electrons. The Morgan fingerprint density at radius 3 is 2.16 bits per heavy atom. The quantitative estimate of drug-likeness (QED) is 0.774. The fourth-order valence-electron chi connectivity index (χ4n) is 2.47. The molecule has 0 aliphatic heterocycles. The molecule has 0 saturated heterocycles. The number of ether oxygens (including phenoxy) is 1. The predicted octanol–water partition coefficient (Wildman–Crippen LogP) is 1.08. The number of hydrogen-bond donors (Lipinski definition) is 2. The van der Waals surface area contributed by atoms with E-state index >= 15 is 0 Å². The molecule has 4 heteroatoms. The number of rotatable bonds is 7. The van der Waals surface area contributed by atoms with Crippen LogP contribution in [-0.4, -0.2) is 24.4 Å². The molecule has 2 unspecified atom stereocenters. The first-order valence-corrected chi connectivity index (χ1v) is 8.56. The number of hydrogen-bond acceptors (Lipinski definition) is 3. The third-order valence-electron chi connectivity index (χ3n) is 4.12. The molecule has 2 rings (SSSR count). The van der Waals surface area contributed by atoms with Crippen LogP contribution < -0.4 is 22.5 Å². The minimum absolute atomic E-state index is 0. The van der Waals surface area contributed by atoms with Crippen molar-refractivity contribution in [2.45, 2.75) is 45.3 Å². The third kappa shape index (κ3) is 7.07. The van der Waals surface area contributed by atoms with E-state index in [1.165, 1.54) is 11.1 Å². The van der Waals surface area contributed by atoms with Crippen LogP contribution in [0.25, 0.3) is 0 Å². The van der Waals surface area contributed by atoms with Gasteiger partial charge in [-0.15, -0.1) is 0 Å². The lowest BCUT2D eigenvalue weighted by atomic mass is 9.87. The van der Waals surface area contributed by atoms with Gasteiger partial charge in [-0.25, -0.2) is 0 Å². The standard InChI is InChI=1S/C21H29NO2.ClH/c1-16(17-8-6-5-7-9-17)22-14-19(23)15-24-20-12-10-18(11-13-20)21(2,3)4;/h5-13,16,19,22-23H,14-15H2,1-4H3;1H/p-1. The Morgan fingerprint density at radius 2 is 1.60 bits per heavy atom. The molecular weight excluding hydrogens is 334 g/mol.